The zero-order valence-corrected chi connectivity index (χ0v) is 13.0. The van der Waals surface area contributed by atoms with E-state index in [0.29, 0.717) is 0 Å². The van der Waals surface area contributed by atoms with E-state index in [1.807, 2.05) is 6.92 Å². The van der Waals surface area contributed by atoms with Crippen molar-refractivity contribution < 1.29 is 8.42 Å². The summed E-state index contributed by atoms with van der Waals surface area (Å²) in [5, 5.41) is 8.99. The Kier molecular flexibility index (Phi) is 4.29. The number of hydrogen-bond donors (Lipinski definition) is 1. The van der Waals surface area contributed by atoms with Gasteiger partial charge in [0.2, 0.25) is 10.0 Å². The minimum Gasteiger partial charge on any atom is -0.207 e. The molecule has 0 spiro atoms. The summed E-state index contributed by atoms with van der Waals surface area (Å²) < 4.78 is 28.1. The molecule has 0 saturated heterocycles. The molecule has 6 heteroatoms. The van der Waals surface area contributed by atoms with Crippen LogP contribution in [0.15, 0.2) is 27.6 Å². The molecule has 2 atom stereocenters. The average Bonchev–Trinajstić information content (AvgIpc) is 2.79. The first-order valence-corrected chi connectivity index (χ1v) is 8.40. The van der Waals surface area contributed by atoms with Crippen molar-refractivity contribution in [2.24, 2.45) is 5.92 Å². The maximum atomic E-state index is 12.3. The second kappa shape index (κ2) is 5.61. The van der Waals surface area contributed by atoms with Crippen LogP contribution < -0.4 is 4.72 Å². The minimum atomic E-state index is -3.55. The van der Waals surface area contributed by atoms with Gasteiger partial charge < -0.3 is 0 Å². The fourth-order valence-electron chi connectivity index (χ4n) is 2.31. The lowest BCUT2D eigenvalue weighted by atomic mass is 10.1. The molecule has 4 nitrogen and oxygen atoms in total. The monoisotopic (exact) mass is 342 g/mol. The Labute approximate surface area is 122 Å². The Balaban J connectivity index is 2.23. The summed E-state index contributed by atoms with van der Waals surface area (Å²) in [6.45, 7) is 1.84. The lowest BCUT2D eigenvalue weighted by Gasteiger charge is -2.16. The average molecular weight is 343 g/mol. The molecular formula is C13H15BrN2O2S. The summed E-state index contributed by atoms with van der Waals surface area (Å²) in [4.78, 5) is 0.247. The summed E-state index contributed by atoms with van der Waals surface area (Å²) in [6.07, 6.45) is 2.39. The Bertz CT molecular complexity index is 622. The highest BCUT2D eigenvalue weighted by atomic mass is 79.9. The van der Waals surface area contributed by atoms with Crippen LogP contribution in [0.1, 0.15) is 24.8 Å². The number of nitriles is 1. The van der Waals surface area contributed by atoms with Crippen molar-refractivity contribution in [3.63, 3.8) is 0 Å². The third kappa shape index (κ3) is 3.16. The van der Waals surface area contributed by atoms with Gasteiger partial charge in [0.05, 0.1) is 16.9 Å². The second-order valence-corrected chi connectivity index (χ2v) is 7.37. The summed E-state index contributed by atoms with van der Waals surface area (Å²) in [6, 6.07) is 6.82. The van der Waals surface area contributed by atoms with Crippen molar-refractivity contribution in [2.75, 3.05) is 0 Å². The molecule has 1 aliphatic carbocycles. The van der Waals surface area contributed by atoms with E-state index < -0.39 is 10.0 Å². The van der Waals surface area contributed by atoms with E-state index in [-0.39, 0.29) is 16.9 Å². The molecular weight excluding hydrogens is 328 g/mol. The summed E-state index contributed by atoms with van der Waals surface area (Å²) in [7, 11) is -3.55. The van der Waals surface area contributed by atoms with Gasteiger partial charge in [0.25, 0.3) is 0 Å². The fourth-order valence-corrected chi connectivity index (χ4v) is 3.95. The molecule has 0 bridgehead atoms. The van der Waals surface area contributed by atoms with Gasteiger partial charge in [0.1, 0.15) is 0 Å². The van der Waals surface area contributed by atoms with Crippen LogP contribution in [-0.4, -0.2) is 14.5 Å². The number of rotatable bonds is 3. The largest absolute Gasteiger partial charge is 0.240 e. The number of benzene rings is 1. The van der Waals surface area contributed by atoms with Gasteiger partial charge in [-0.2, -0.15) is 5.26 Å². The van der Waals surface area contributed by atoms with Crippen molar-refractivity contribution in [3.05, 3.63) is 28.2 Å². The standard InChI is InChI=1S/C13H15BrN2O2S/c1-9-7-11(5-6-12(9)14)19(17,18)16-13-4-2-3-10(13)8-15/h5-7,10,13,16H,2-4H2,1H3. The first-order valence-electron chi connectivity index (χ1n) is 6.12. The number of hydrogen-bond acceptors (Lipinski definition) is 3. The molecule has 0 radical (unpaired) electrons. The van der Waals surface area contributed by atoms with Gasteiger partial charge in [0, 0.05) is 10.5 Å². The Morgan fingerprint density at radius 3 is 2.79 bits per heavy atom. The topological polar surface area (TPSA) is 70.0 Å². The maximum absolute atomic E-state index is 12.3. The van der Waals surface area contributed by atoms with Crippen molar-refractivity contribution >= 4 is 26.0 Å². The zero-order chi connectivity index (χ0) is 14.0. The lowest BCUT2D eigenvalue weighted by molar-refractivity contribution is 0.515. The third-order valence-electron chi connectivity index (χ3n) is 3.43. The van der Waals surface area contributed by atoms with E-state index in [1.54, 1.807) is 18.2 Å². The molecule has 0 aromatic heterocycles. The molecule has 0 heterocycles. The highest BCUT2D eigenvalue weighted by molar-refractivity contribution is 9.10. The van der Waals surface area contributed by atoms with E-state index in [0.717, 1.165) is 29.3 Å². The number of nitrogens with one attached hydrogen (secondary N) is 1. The van der Waals surface area contributed by atoms with Crippen molar-refractivity contribution in [1.82, 2.24) is 4.72 Å². The quantitative estimate of drug-likeness (QED) is 0.917. The SMILES string of the molecule is Cc1cc(S(=O)(=O)NC2CCCC2C#N)ccc1Br. The first kappa shape index (κ1) is 14.5. The van der Waals surface area contributed by atoms with Gasteiger partial charge in [-0.3, -0.25) is 0 Å². The Morgan fingerprint density at radius 2 is 2.16 bits per heavy atom. The van der Waals surface area contributed by atoms with Crippen LogP contribution in [0.4, 0.5) is 0 Å². The minimum absolute atomic E-state index is 0.216. The van der Waals surface area contributed by atoms with Gasteiger partial charge in [-0.15, -0.1) is 0 Å². The number of nitrogens with zero attached hydrogens (tertiary/aromatic N) is 1. The van der Waals surface area contributed by atoms with E-state index in [2.05, 4.69) is 26.7 Å². The van der Waals surface area contributed by atoms with Crippen molar-refractivity contribution in [3.8, 4) is 6.07 Å². The molecule has 2 unspecified atom stereocenters. The predicted octanol–water partition coefficient (Wildman–Crippen LogP) is 2.73. The van der Waals surface area contributed by atoms with Gasteiger partial charge in [0.15, 0.2) is 0 Å². The van der Waals surface area contributed by atoms with Crippen molar-refractivity contribution in [1.29, 1.82) is 5.26 Å². The fraction of sp³-hybridized carbons (Fsp3) is 0.462. The van der Waals surface area contributed by atoms with E-state index in [9.17, 15) is 8.42 Å². The number of aryl methyl sites for hydroxylation is 1. The van der Waals surface area contributed by atoms with Gasteiger partial charge in [-0.05, 0) is 43.5 Å². The molecule has 2 rings (SSSR count). The zero-order valence-electron chi connectivity index (χ0n) is 10.6. The molecule has 19 heavy (non-hydrogen) atoms. The Morgan fingerprint density at radius 1 is 1.42 bits per heavy atom. The highest BCUT2D eigenvalue weighted by Gasteiger charge is 2.31. The van der Waals surface area contributed by atoms with E-state index in [1.165, 1.54) is 0 Å². The van der Waals surface area contributed by atoms with Crippen LogP contribution in [0, 0.1) is 24.2 Å². The van der Waals surface area contributed by atoms with Gasteiger partial charge in [-0.1, -0.05) is 22.4 Å². The summed E-state index contributed by atoms with van der Waals surface area (Å²) in [5.74, 6) is -0.216. The smallest absolute Gasteiger partial charge is 0.207 e. The molecule has 0 aliphatic heterocycles. The third-order valence-corrected chi connectivity index (χ3v) is 5.81. The van der Waals surface area contributed by atoms with Gasteiger partial charge >= 0.3 is 0 Å². The molecule has 102 valence electrons. The second-order valence-electron chi connectivity index (χ2n) is 4.81. The molecule has 1 aromatic rings. The first-order chi connectivity index (χ1) is 8.94. The van der Waals surface area contributed by atoms with Crippen LogP contribution in [0.25, 0.3) is 0 Å². The van der Waals surface area contributed by atoms with Crippen LogP contribution in [0.5, 0.6) is 0 Å². The Hall–Kier alpha value is -0.900. The molecule has 1 fully saturated rings. The van der Waals surface area contributed by atoms with Crippen LogP contribution >= 0.6 is 15.9 Å². The normalized spacial score (nSPS) is 23.2. The predicted molar refractivity (Wildman–Crippen MR) is 75.9 cm³/mol. The number of halogens is 1. The van der Waals surface area contributed by atoms with Gasteiger partial charge in [-0.25, -0.2) is 13.1 Å². The number of sulfonamides is 1. The van der Waals surface area contributed by atoms with Crippen LogP contribution in [-0.2, 0) is 10.0 Å². The van der Waals surface area contributed by atoms with E-state index in [4.69, 9.17) is 5.26 Å². The molecule has 1 aromatic carbocycles. The summed E-state index contributed by atoms with van der Waals surface area (Å²) >= 11 is 3.35. The molecule has 1 aliphatic rings. The van der Waals surface area contributed by atoms with Crippen LogP contribution in [0.2, 0.25) is 0 Å². The van der Waals surface area contributed by atoms with Crippen LogP contribution in [0.3, 0.4) is 0 Å². The molecule has 0 amide bonds. The molecule has 1 N–H and O–H groups in total. The molecule has 1 saturated carbocycles. The van der Waals surface area contributed by atoms with E-state index >= 15 is 0 Å². The lowest BCUT2D eigenvalue weighted by Crippen LogP contribution is -2.36. The summed E-state index contributed by atoms with van der Waals surface area (Å²) in [5.41, 5.74) is 0.867. The highest BCUT2D eigenvalue weighted by Crippen LogP contribution is 2.27. The maximum Gasteiger partial charge on any atom is 0.240 e. The van der Waals surface area contributed by atoms with Crippen molar-refractivity contribution in [2.45, 2.75) is 37.1 Å².